The Bertz CT molecular complexity index is 1610. The third-order valence-corrected chi connectivity index (χ3v) is 7.66. The molecule has 0 spiro atoms. The quantitative estimate of drug-likeness (QED) is 0.181. The highest BCUT2D eigenvalue weighted by Crippen LogP contribution is 2.21. The molecule has 4 aromatic rings. The number of carboxylic acids is 1. The second-order valence-electron chi connectivity index (χ2n) is 9.73. The highest BCUT2D eigenvalue weighted by atomic mass is 32.2. The van der Waals surface area contributed by atoms with Crippen molar-refractivity contribution in [1.82, 2.24) is 25.2 Å². The maximum Gasteiger partial charge on any atom is 0.305 e. The minimum absolute atomic E-state index is 0.0155. The van der Waals surface area contributed by atoms with Crippen molar-refractivity contribution in [3.8, 4) is 11.3 Å². The Morgan fingerprint density at radius 3 is 2.37 bits per heavy atom. The van der Waals surface area contributed by atoms with Crippen LogP contribution in [0.25, 0.3) is 11.3 Å². The van der Waals surface area contributed by atoms with E-state index in [0.717, 1.165) is 5.56 Å². The maximum atomic E-state index is 13.6. The summed E-state index contributed by atoms with van der Waals surface area (Å²) in [5.41, 5.74) is 2.63. The van der Waals surface area contributed by atoms with Gasteiger partial charge in [0.25, 0.3) is 5.56 Å². The smallest absolute Gasteiger partial charge is 0.305 e. The molecule has 2 aromatic heterocycles. The molecule has 2 atom stereocenters. The van der Waals surface area contributed by atoms with Crippen molar-refractivity contribution in [3.63, 3.8) is 0 Å². The van der Waals surface area contributed by atoms with Crippen molar-refractivity contribution in [2.75, 3.05) is 11.1 Å². The van der Waals surface area contributed by atoms with Crippen LogP contribution in [0.2, 0.25) is 0 Å². The molecule has 2 heterocycles. The first-order valence-electron chi connectivity index (χ1n) is 13.6. The molecule has 0 aliphatic rings. The van der Waals surface area contributed by atoms with Crippen molar-refractivity contribution in [2.24, 2.45) is 0 Å². The zero-order chi connectivity index (χ0) is 30.8. The number of carbonyl (C=O) groups is 3. The number of nitrogens with zero attached hydrogens (tertiary/aromatic N) is 4. The van der Waals surface area contributed by atoms with Crippen LogP contribution in [-0.2, 0) is 26.7 Å². The average molecular weight is 605 g/mol. The molecule has 0 radical (unpaired) electrons. The van der Waals surface area contributed by atoms with Gasteiger partial charge in [0, 0.05) is 17.5 Å². The van der Waals surface area contributed by atoms with Crippen LogP contribution in [0.4, 0.5) is 5.82 Å². The zero-order valence-electron chi connectivity index (χ0n) is 23.7. The van der Waals surface area contributed by atoms with E-state index in [-0.39, 0.29) is 24.5 Å². The topological polar surface area (TPSA) is 169 Å². The number of aromatic nitrogens is 4. The Balaban J connectivity index is 1.58. The highest BCUT2D eigenvalue weighted by Gasteiger charge is 2.29. The number of benzene rings is 2. The number of thioether (sulfide) groups is 1. The number of nitrogens with one attached hydrogen (secondary N) is 2. The summed E-state index contributed by atoms with van der Waals surface area (Å²) in [6.07, 6.45) is 1.10. The monoisotopic (exact) mass is 604 g/mol. The van der Waals surface area contributed by atoms with E-state index in [1.807, 2.05) is 60.7 Å². The summed E-state index contributed by atoms with van der Waals surface area (Å²) < 4.78 is 5.99. The number of hydrogen-bond donors (Lipinski definition) is 3. The van der Waals surface area contributed by atoms with E-state index in [1.165, 1.54) is 22.5 Å². The molecule has 0 saturated heterocycles. The van der Waals surface area contributed by atoms with Crippen molar-refractivity contribution in [1.29, 1.82) is 0 Å². The van der Waals surface area contributed by atoms with Crippen molar-refractivity contribution in [3.05, 3.63) is 94.2 Å². The van der Waals surface area contributed by atoms with Gasteiger partial charge in [-0.05, 0) is 18.9 Å². The molecule has 13 heteroatoms. The Kier molecular flexibility index (Phi) is 10.8. The van der Waals surface area contributed by atoms with Crippen LogP contribution < -0.4 is 16.2 Å². The molecule has 0 saturated carbocycles. The SMILES string of the molecule is CCC(C(=O)N[C@@H](CC(=O)O)C(=O)CSCc1ccccc1)n1cc(-c2ccccc2)nc(NCc2nonc2C)c1=O. The number of carbonyl (C=O) groups excluding carboxylic acids is 2. The van der Waals surface area contributed by atoms with Gasteiger partial charge in [0.2, 0.25) is 5.91 Å². The number of rotatable bonds is 15. The van der Waals surface area contributed by atoms with Crippen LogP contribution in [0.15, 0.2) is 76.3 Å². The van der Waals surface area contributed by atoms with Gasteiger partial charge in [-0.15, -0.1) is 11.8 Å². The molecule has 12 nitrogen and oxygen atoms in total. The molecule has 2 aromatic carbocycles. The minimum Gasteiger partial charge on any atom is -0.481 e. The van der Waals surface area contributed by atoms with Gasteiger partial charge in [0.05, 0.1) is 30.5 Å². The van der Waals surface area contributed by atoms with Crippen LogP contribution in [0.5, 0.6) is 0 Å². The predicted molar refractivity (Wildman–Crippen MR) is 161 cm³/mol. The molecule has 0 bridgehead atoms. The van der Waals surface area contributed by atoms with E-state index in [4.69, 9.17) is 4.63 Å². The number of Topliss-reactive ketones (excluding diaryl/α,β-unsaturated/α-hetero) is 1. The van der Waals surface area contributed by atoms with Crippen molar-refractivity contribution in [2.45, 2.75) is 51.1 Å². The maximum absolute atomic E-state index is 13.6. The lowest BCUT2D eigenvalue weighted by atomic mass is 10.1. The zero-order valence-corrected chi connectivity index (χ0v) is 24.5. The second-order valence-corrected chi connectivity index (χ2v) is 10.7. The van der Waals surface area contributed by atoms with E-state index in [1.54, 1.807) is 13.8 Å². The summed E-state index contributed by atoms with van der Waals surface area (Å²) in [6.45, 7) is 3.54. The van der Waals surface area contributed by atoms with E-state index in [9.17, 15) is 24.3 Å². The molecule has 1 amide bonds. The van der Waals surface area contributed by atoms with Crippen molar-refractivity contribution < 1.29 is 24.1 Å². The van der Waals surface area contributed by atoms with E-state index >= 15 is 0 Å². The molecule has 4 rings (SSSR count). The molecule has 1 unspecified atom stereocenters. The van der Waals surface area contributed by atoms with Crippen molar-refractivity contribution >= 4 is 35.2 Å². The molecular weight excluding hydrogens is 572 g/mol. The lowest BCUT2D eigenvalue weighted by Gasteiger charge is -2.23. The normalized spacial score (nSPS) is 12.3. The van der Waals surface area contributed by atoms with Crippen LogP contribution in [-0.4, -0.2) is 54.4 Å². The second kappa shape index (κ2) is 14.9. The number of carboxylic acid groups (broad SMARTS) is 1. The predicted octanol–water partition coefficient (Wildman–Crippen LogP) is 3.63. The Morgan fingerprint density at radius 1 is 1.05 bits per heavy atom. The molecule has 3 N–H and O–H groups in total. The molecular formula is C30H32N6O6S. The lowest BCUT2D eigenvalue weighted by molar-refractivity contribution is -0.140. The highest BCUT2D eigenvalue weighted by molar-refractivity contribution is 7.99. The number of aryl methyl sites for hydroxylation is 1. The van der Waals surface area contributed by atoms with E-state index in [2.05, 4.69) is 25.9 Å². The van der Waals surface area contributed by atoms with Gasteiger partial charge >= 0.3 is 5.97 Å². The van der Waals surface area contributed by atoms with Gasteiger partial charge in [-0.3, -0.25) is 23.7 Å². The van der Waals surface area contributed by atoms with Gasteiger partial charge in [0.15, 0.2) is 11.6 Å². The van der Waals surface area contributed by atoms with Crippen LogP contribution in [0.1, 0.15) is 42.8 Å². The molecule has 0 aliphatic carbocycles. The minimum atomic E-state index is -1.26. The van der Waals surface area contributed by atoms with Crippen LogP contribution in [0, 0.1) is 6.92 Å². The summed E-state index contributed by atoms with van der Waals surface area (Å²) >= 11 is 1.33. The van der Waals surface area contributed by atoms with Gasteiger partial charge in [0.1, 0.15) is 17.4 Å². The summed E-state index contributed by atoms with van der Waals surface area (Å²) in [4.78, 5) is 56.3. The number of ketones is 1. The fraction of sp³-hybridized carbons (Fsp3) is 0.300. The molecule has 224 valence electrons. The largest absolute Gasteiger partial charge is 0.481 e. The van der Waals surface area contributed by atoms with Crippen LogP contribution in [0.3, 0.4) is 0 Å². The molecule has 0 aliphatic heterocycles. The van der Waals surface area contributed by atoms with E-state index < -0.39 is 41.7 Å². The first-order valence-corrected chi connectivity index (χ1v) is 14.8. The Morgan fingerprint density at radius 2 is 1.74 bits per heavy atom. The summed E-state index contributed by atoms with van der Waals surface area (Å²) in [7, 11) is 0. The first kappa shape index (κ1) is 31.2. The van der Waals surface area contributed by atoms with Crippen LogP contribution >= 0.6 is 11.8 Å². The Hall–Kier alpha value is -4.78. The third-order valence-electron chi connectivity index (χ3n) is 6.63. The summed E-state index contributed by atoms with van der Waals surface area (Å²) in [5.74, 6) is -1.74. The van der Waals surface area contributed by atoms with E-state index in [0.29, 0.717) is 28.4 Å². The van der Waals surface area contributed by atoms with Gasteiger partial charge in [-0.1, -0.05) is 77.9 Å². The third kappa shape index (κ3) is 8.38. The Labute approximate surface area is 251 Å². The first-order chi connectivity index (χ1) is 20.8. The number of anilines is 1. The standard InChI is InChI=1S/C30H32N6O6S/c1-3-25(29(40)33-22(14-27(38)39)26(37)18-43-17-20-10-6-4-7-11-20)36-16-24(21-12-8-5-9-13-21)32-28(30(36)41)31-15-23-19(2)34-42-35-23/h4-13,16,22,25H,3,14-15,17-18H2,1-2H3,(H,31,32)(H,33,40)(H,38,39)/t22-,25?/m0/s1. The van der Waals surface area contributed by atoms with Gasteiger partial charge in [-0.25, -0.2) is 9.61 Å². The van der Waals surface area contributed by atoms with Gasteiger partial charge < -0.3 is 15.7 Å². The summed E-state index contributed by atoms with van der Waals surface area (Å²) in [5, 5.41) is 22.6. The lowest BCUT2D eigenvalue weighted by Crippen LogP contribution is -2.47. The fourth-order valence-corrected chi connectivity index (χ4v) is 5.25. The summed E-state index contributed by atoms with van der Waals surface area (Å²) in [6, 6.07) is 16.4. The van der Waals surface area contributed by atoms with Gasteiger partial charge in [-0.2, -0.15) is 0 Å². The fourth-order valence-electron chi connectivity index (χ4n) is 4.32. The average Bonchev–Trinajstić information content (AvgIpc) is 3.42. The number of hydrogen-bond acceptors (Lipinski definition) is 10. The molecule has 43 heavy (non-hydrogen) atoms. The number of aliphatic carboxylic acids is 1. The molecule has 0 fully saturated rings. The number of amides is 1.